The highest BCUT2D eigenvalue weighted by Crippen LogP contribution is 2.36. The van der Waals surface area contributed by atoms with E-state index in [4.69, 9.17) is 4.52 Å². The van der Waals surface area contributed by atoms with Crippen LogP contribution in [-0.2, 0) is 0 Å². The average molecular weight is 330 g/mol. The van der Waals surface area contributed by atoms with Gasteiger partial charge >= 0.3 is 11.2 Å². The molecule has 2 rings (SSSR count). The van der Waals surface area contributed by atoms with Crippen LogP contribution < -0.4 is 0 Å². The van der Waals surface area contributed by atoms with E-state index in [1.807, 2.05) is 0 Å². The van der Waals surface area contributed by atoms with Crippen LogP contribution in [0.3, 0.4) is 0 Å². The van der Waals surface area contributed by atoms with Crippen LogP contribution in [0.25, 0.3) is 12.2 Å². The second-order valence-corrected chi connectivity index (χ2v) is 5.32. The lowest BCUT2D eigenvalue weighted by Gasteiger charge is -2.05. The van der Waals surface area contributed by atoms with Gasteiger partial charge in [-0.3, -0.25) is 10.1 Å². The molecule has 0 unspecified atom stereocenters. The summed E-state index contributed by atoms with van der Waals surface area (Å²) in [6, 6.07) is 5.59. The van der Waals surface area contributed by atoms with E-state index in [0.29, 0.717) is 5.56 Å². The normalized spacial score (nSPS) is 12.0. The molecular formula is C13H9F3N2O3S. The Hall–Kier alpha value is -2.29. The first kappa shape index (κ1) is 16.1. The maximum Gasteiger partial charge on any atom is 0.446 e. The second kappa shape index (κ2) is 6.22. The molecule has 0 aliphatic rings. The molecule has 0 aliphatic carbocycles. The topological polar surface area (TPSA) is 69.2 Å². The zero-order valence-electron chi connectivity index (χ0n) is 11.1. The van der Waals surface area contributed by atoms with Crippen molar-refractivity contribution in [3.8, 4) is 0 Å². The van der Waals surface area contributed by atoms with Gasteiger partial charge in [-0.05, 0) is 35.5 Å². The number of nitrogens with zero attached hydrogens (tertiary/aromatic N) is 2. The smallest absolute Gasteiger partial charge is 0.354 e. The lowest BCUT2D eigenvalue weighted by Crippen LogP contribution is -1.98. The van der Waals surface area contributed by atoms with Crippen molar-refractivity contribution in [2.24, 2.45) is 0 Å². The van der Waals surface area contributed by atoms with Gasteiger partial charge in [-0.25, -0.2) is 0 Å². The van der Waals surface area contributed by atoms with Crippen LogP contribution in [0.5, 0.6) is 0 Å². The van der Waals surface area contributed by atoms with Gasteiger partial charge in [-0.15, -0.1) is 0 Å². The molecule has 5 nitrogen and oxygen atoms in total. The van der Waals surface area contributed by atoms with Gasteiger partial charge in [-0.1, -0.05) is 23.4 Å². The number of aryl methyl sites for hydroxylation is 1. The van der Waals surface area contributed by atoms with Crippen LogP contribution in [0.1, 0.15) is 17.0 Å². The lowest BCUT2D eigenvalue weighted by molar-refractivity contribution is -0.386. The van der Waals surface area contributed by atoms with E-state index in [9.17, 15) is 23.3 Å². The molecular weight excluding hydrogens is 321 g/mol. The molecule has 2 aromatic rings. The number of hydrogen-bond acceptors (Lipinski definition) is 5. The van der Waals surface area contributed by atoms with E-state index in [0.717, 1.165) is 0 Å². The molecule has 0 fully saturated rings. The summed E-state index contributed by atoms with van der Waals surface area (Å²) in [5.41, 5.74) is -3.94. The molecule has 22 heavy (non-hydrogen) atoms. The Morgan fingerprint density at radius 2 is 1.91 bits per heavy atom. The third-order valence-corrected chi connectivity index (χ3v) is 3.33. The SMILES string of the molecule is Cc1onc(C=Cc2ccc(SC(F)(F)F)cc2)c1[N+](=O)[O-]. The monoisotopic (exact) mass is 330 g/mol. The Morgan fingerprint density at radius 1 is 1.27 bits per heavy atom. The van der Waals surface area contributed by atoms with Gasteiger partial charge in [0.15, 0.2) is 5.69 Å². The minimum Gasteiger partial charge on any atom is -0.354 e. The van der Waals surface area contributed by atoms with E-state index in [1.165, 1.54) is 43.3 Å². The Kier molecular flexibility index (Phi) is 4.55. The number of nitro groups is 1. The van der Waals surface area contributed by atoms with E-state index in [1.54, 1.807) is 0 Å². The van der Waals surface area contributed by atoms with Crippen LogP contribution in [-0.4, -0.2) is 15.6 Å². The van der Waals surface area contributed by atoms with Crippen LogP contribution in [0, 0.1) is 17.0 Å². The molecule has 116 valence electrons. The minimum absolute atomic E-state index is 0.0521. The van der Waals surface area contributed by atoms with Gasteiger partial charge in [0.05, 0.1) is 4.92 Å². The fourth-order valence-corrected chi connectivity index (χ4v) is 2.21. The summed E-state index contributed by atoms with van der Waals surface area (Å²) in [6.07, 6.45) is 2.88. The van der Waals surface area contributed by atoms with Gasteiger partial charge < -0.3 is 4.52 Å². The molecule has 9 heteroatoms. The van der Waals surface area contributed by atoms with Crippen molar-refractivity contribution in [1.82, 2.24) is 5.16 Å². The molecule has 0 spiro atoms. The fraction of sp³-hybridized carbons (Fsp3) is 0.154. The van der Waals surface area contributed by atoms with Crippen molar-refractivity contribution >= 4 is 29.6 Å². The molecule has 0 aliphatic heterocycles. The number of halogens is 3. The van der Waals surface area contributed by atoms with Crippen molar-refractivity contribution in [1.29, 1.82) is 0 Å². The zero-order chi connectivity index (χ0) is 16.3. The van der Waals surface area contributed by atoms with E-state index in [2.05, 4.69) is 5.16 Å². The van der Waals surface area contributed by atoms with Crippen molar-refractivity contribution in [3.63, 3.8) is 0 Å². The first-order valence-corrected chi connectivity index (χ1v) is 6.72. The summed E-state index contributed by atoms with van der Waals surface area (Å²) in [5, 5.41) is 14.4. The average Bonchev–Trinajstić information content (AvgIpc) is 2.77. The molecule has 0 bridgehead atoms. The minimum atomic E-state index is -4.34. The van der Waals surface area contributed by atoms with Crippen molar-refractivity contribution < 1.29 is 22.6 Å². The molecule has 1 aromatic carbocycles. The summed E-state index contributed by atoms with van der Waals surface area (Å²) in [6.45, 7) is 1.42. The van der Waals surface area contributed by atoms with E-state index >= 15 is 0 Å². The van der Waals surface area contributed by atoms with Gasteiger partial charge in [0.25, 0.3) is 0 Å². The Morgan fingerprint density at radius 3 is 2.45 bits per heavy atom. The van der Waals surface area contributed by atoms with Crippen LogP contribution in [0.2, 0.25) is 0 Å². The summed E-state index contributed by atoms with van der Waals surface area (Å²) < 4.78 is 41.3. The van der Waals surface area contributed by atoms with Crippen molar-refractivity contribution in [2.45, 2.75) is 17.3 Å². The number of benzene rings is 1. The molecule has 0 atom stereocenters. The van der Waals surface area contributed by atoms with Crippen LogP contribution in [0.15, 0.2) is 33.7 Å². The number of rotatable bonds is 4. The molecule has 0 N–H and O–H groups in total. The summed E-state index contributed by atoms with van der Waals surface area (Å²) in [7, 11) is 0. The predicted octanol–water partition coefficient (Wildman–Crippen LogP) is 4.67. The number of thioether (sulfide) groups is 1. The van der Waals surface area contributed by atoms with E-state index in [-0.39, 0.29) is 33.8 Å². The summed E-state index contributed by atoms with van der Waals surface area (Å²) >= 11 is -0.207. The quantitative estimate of drug-likeness (QED) is 0.463. The molecule has 1 heterocycles. The van der Waals surface area contributed by atoms with Gasteiger partial charge in [0.2, 0.25) is 5.76 Å². The highest BCUT2D eigenvalue weighted by molar-refractivity contribution is 8.00. The first-order valence-electron chi connectivity index (χ1n) is 5.91. The Balaban J connectivity index is 2.16. The van der Waals surface area contributed by atoms with Crippen LogP contribution >= 0.6 is 11.8 Å². The largest absolute Gasteiger partial charge is 0.446 e. The fourth-order valence-electron chi connectivity index (χ4n) is 1.67. The highest BCUT2D eigenvalue weighted by atomic mass is 32.2. The predicted molar refractivity (Wildman–Crippen MR) is 75.2 cm³/mol. The van der Waals surface area contributed by atoms with Crippen molar-refractivity contribution in [3.05, 3.63) is 51.4 Å². The Labute approximate surface area is 126 Å². The van der Waals surface area contributed by atoms with Gasteiger partial charge in [0.1, 0.15) is 0 Å². The third-order valence-electron chi connectivity index (χ3n) is 2.59. The highest BCUT2D eigenvalue weighted by Gasteiger charge is 2.29. The molecule has 0 saturated carbocycles. The van der Waals surface area contributed by atoms with Crippen LogP contribution in [0.4, 0.5) is 18.9 Å². The Bertz CT molecular complexity index is 708. The third kappa shape index (κ3) is 4.10. The summed E-state index contributed by atoms with van der Waals surface area (Å²) in [4.78, 5) is 10.3. The standard InChI is InChI=1S/C13H9F3N2O3S/c1-8-12(18(19)20)11(17-21-8)7-4-9-2-5-10(6-3-9)22-13(14,15)16/h2-7H,1H3. The van der Waals surface area contributed by atoms with Gasteiger partial charge in [-0.2, -0.15) is 13.2 Å². The van der Waals surface area contributed by atoms with Gasteiger partial charge in [0, 0.05) is 11.8 Å². The molecule has 1 aromatic heterocycles. The number of hydrogen-bond donors (Lipinski definition) is 0. The molecule has 0 radical (unpaired) electrons. The molecule has 0 amide bonds. The zero-order valence-corrected chi connectivity index (χ0v) is 11.9. The first-order chi connectivity index (χ1) is 10.3. The second-order valence-electron chi connectivity index (χ2n) is 4.18. The van der Waals surface area contributed by atoms with Crippen molar-refractivity contribution in [2.75, 3.05) is 0 Å². The summed E-state index contributed by atoms with van der Waals surface area (Å²) in [5.74, 6) is 0.0848. The number of alkyl halides is 3. The number of aromatic nitrogens is 1. The maximum atomic E-state index is 12.2. The molecule has 0 saturated heterocycles. The van der Waals surface area contributed by atoms with E-state index < -0.39 is 10.4 Å². The maximum absolute atomic E-state index is 12.2. The lowest BCUT2D eigenvalue weighted by atomic mass is 10.2.